The minimum atomic E-state index is -0.0782. The molecule has 1 aliphatic heterocycles. The average molecular weight is 360 g/mol. The van der Waals surface area contributed by atoms with Gasteiger partial charge >= 0.3 is 0 Å². The third kappa shape index (κ3) is 3.62. The molecule has 0 saturated carbocycles. The number of carbonyl (C=O) groups excluding carboxylic acids is 1. The van der Waals surface area contributed by atoms with Gasteiger partial charge in [0.2, 0.25) is 5.91 Å². The zero-order valence-electron chi connectivity index (χ0n) is 13.4. The Morgan fingerprint density at radius 3 is 3.12 bits per heavy atom. The predicted molar refractivity (Wildman–Crippen MR) is 97.6 cm³/mol. The summed E-state index contributed by atoms with van der Waals surface area (Å²) in [5.74, 6) is -0.0176. The van der Waals surface area contributed by atoms with Gasteiger partial charge in [-0.1, -0.05) is 30.7 Å². The monoisotopic (exact) mass is 359 g/mol. The average Bonchev–Trinajstić information content (AvgIpc) is 2.91. The lowest BCUT2D eigenvalue weighted by molar-refractivity contribution is -0.116. The van der Waals surface area contributed by atoms with Crippen LogP contribution in [0.15, 0.2) is 24.3 Å². The molecule has 2 aromatic rings. The summed E-state index contributed by atoms with van der Waals surface area (Å²) in [6.07, 6.45) is 1.19. The zero-order valence-corrected chi connectivity index (χ0v) is 14.9. The first-order chi connectivity index (χ1) is 11.6. The number of carbonyl (C=O) groups is 1. The molecule has 1 atom stereocenters. The van der Waals surface area contributed by atoms with Crippen LogP contribution in [0.3, 0.4) is 0 Å². The van der Waals surface area contributed by atoms with Gasteiger partial charge in [-0.05, 0) is 42.1 Å². The Bertz CT molecular complexity index is 809. The van der Waals surface area contributed by atoms with Crippen molar-refractivity contribution in [1.82, 2.24) is 5.32 Å². The second-order valence-corrected chi connectivity index (χ2v) is 7.50. The molecule has 1 aromatic heterocycles. The summed E-state index contributed by atoms with van der Waals surface area (Å²) in [5.41, 5.74) is 2.74. The Kier molecular flexibility index (Phi) is 5.20. The summed E-state index contributed by atoms with van der Waals surface area (Å²) in [6, 6.07) is 9.82. The fourth-order valence-electron chi connectivity index (χ4n) is 2.93. The van der Waals surface area contributed by atoms with Crippen LogP contribution >= 0.6 is 22.9 Å². The van der Waals surface area contributed by atoms with Crippen LogP contribution in [-0.2, 0) is 17.8 Å². The molecule has 1 aliphatic rings. The molecular weight excluding hydrogens is 342 g/mol. The molecule has 2 heterocycles. The van der Waals surface area contributed by atoms with Crippen molar-refractivity contribution in [3.63, 3.8) is 0 Å². The van der Waals surface area contributed by atoms with Gasteiger partial charge in [0.25, 0.3) is 0 Å². The van der Waals surface area contributed by atoms with E-state index in [0.717, 1.165) is 35.5 Å². The van der Waals surface area contributed by atoms with E-state index in [1.54, 1.807) is 0 Å². The highest BCUT2D eigenvalue weighted by Crippen LogP contribution is 2.35. The van der Waals surface area contributed by atoms with Crippen LogP contribution in [0.1, 0.15) is 40.8 Å². The molecule has 4 nitrogen and oxygen atoms in total. The Morgan fingerprint density at radius 2 is 2.38 bits per heavy atom. The fraction of sp³-hybridized carbons (Fsp3) is 0.333. The van der Waals surface area contributed by atoms with E-state index in [9.17, 15) is 10.1 Å². The first kappa shape index (κ1) is 17.0. The van der Waals surface area contributed by atoms with Crippen molar-refractivity contribution in [2.24, 2.45) is 0 Å². The lowest BCUT2D eigenvalue weighted by Gasteiger charge is -2.12. The normalized spacial score (nSPS) is 14.5. The number of halogens is 1. The summed E-state index contributed by atoms with van der Waals surface area (Å²) < 4.78 is 0. The molecule has 6 heteroatoms. The third-order valence-corrected chi connectivity index (χ3v) is 5.58. The molecule has 1 amide bonds. The molecule has 24 heavy (non-hydrogen) atoms. The van der Waals surface area contributed by atoms with Crippen molar-refractivity contribution in [2.75, 3.05) is 11.9 Å². The van der Waals surface area contributed by atoms with Crippen LogP contribution in [0.5, 0.6) is 0 Å². The summed E-state index contributed by atoms with van der Waals surface area (Å²) in [7, 11) is 0. The lowest BCUT2D eigenvalue weighted by Crippen LogP contribution is -2.22. The number of fused-ring (bicyclic) bond motifs is 1. The van der Waals surface area contributed by atoms with Crippen molar-refractivity contribution in [3.05, 3.63) is 50.9 Å². The van der Waals surface area contributed by atoms with E-state index >= 15 is 0 Å². The van der Waals surface area contributed by atoms with E-state index in [1.807, 2.05) is 31.2 Å². The third-order valence-electron chi connectivity index (χ3n) is 4.20. The van der Waals surface area contributed by atoms with Crippen LogP contribution in [0.4, 0.5) is 5.00 Å². The van der Waals surface area contributed by atoms with Gasteiger partial charge in [-0.3, -0.25) is 4.79 Å². The van der Waals surface area contributed by atoms with Crippen molar-refractivity contribution in [3.8, 4) is 6.07 Å². The number of hydrogen-bond donors (Lipinski definition) is 2. The maximum absolute atomic E-state index is 12.4. The summed E-state index contributed by atoms with van der Waals surface area (Å²) in [5, 5.41) is 17.0. The number of hydrogen-bond acceptors (Lipinski definition) is 4. The first-order valence-corrected chi connectivity index (χ1v) is 9.08. The molecule has 124 valence electrons. The Balaban J connectivity index is 1.71. The fourth-order valence-corrected chi connectivity index (χ4v) is 4.31. The topological polar surface area (TPSA) is 64.9 Å². The van der Waals surface area contributed by atoms with Crippen LogP contribution in [-0.4, -0.2) is 12.5 Å². The smallest absolute Gasteiger partial charge is 0.225 e. The van der Waals surface area contributed by atoms with Crippen LogP contribution in [0.2, 0.25) is 5.02 Å². The van der Waals surface area contributed by atoms with Crippen LogP contribution in [0, 0.1) is 11.3 Å². The van der Waals surface area contributed by atoms with Gasteiger partial charge in [0.15, 0.2) is 0 Å². The van der Waals surface area contributed by atoms with E-state index < -0.39 is 0 Å². The highest BCUT2D eigenvalue weighted by Gasteiger charge is 2.22. The number of nitrogens with zero attached hydrogens (tertiary/aromatic N) is 1. The largest absolute Gasteiger partial charge is 0.317 e. The first-order valence-electron chi connectivity index (χ1n) is 7.89. The molecule has 0 unspecified atom stereocenters. The maximum Gasteiger partial charge on any atom is 0.225 e. The molecule has 0 saturated heterocycles. The molecule has 0 bridgehead atoms. The number of nitriles is 1. The number of nitrogens with one attached hydrogen (secondary N) is 2. The van der Waals surface area contributed by atoms with E-state index in [-0.39, 0.29) is 11.8 Å². The summed E-state index contributed by atoms with van der Waals surface area (Å²) in [4.78, 5) is 13.5. The molecule has 0 radical (unpaired) electrons. The van der Waals surface area contributed by atoms with Crippen molar-refractivity contribution in [1.29, 1.82) is 5.26 Å². The highest BCUT2D eigenvalue weighted by molar-refractivity contribution is 7.16. The van der Waals surface area contributed by atoms with Gasteiger partial charge < -0.3 is 10.6 Å². The summed E-state index contributed by atoms with van der Waals surface area (Å²) in [6.45, 7) is 3.64. The van der Waals surface area contributed by atoms with E-state index in [4.69, 9.17) is 11.6 Å². The molecular formula is C18H18ClN3OS. The Labute approximate surface area is 150 Å². The van der Waals surface area contributed by atoms with Gasteiger partial charge in [-0.15, -0.1) is 11.3 Å². The van der Waals surface area contributed by atoms with Crippen molar-refractivity contribution >= 4 is 33.8 Å². The van der Waals surface area contributed by atoms with Crippen LogP contribution in [0.25, 0.3) is 0 Å². The second-order valence-electron chi connectivity index (χ2n) is 5.95. The molecule has 0 fully saturated rings. The minimum Gasteiger partial charge on any atom is -0.317 e. The van der Waals surface area contributed by atoms with E-state index in [0.29, 0.717) is 22.0 Å². The van der Waals surface area contributed by atoms with Crippen molar-refractivity contribution < 1.29 is 4.79 Å². The van der Waals surface area contributed by atoms with E-state index in [1.165, 1.54) is 11.3 Å². The quantitative estimate of drug-likeness (QED) is 0.865. The zero-order chi connectivity index (χ0) is 17.1. The highest BCUT2D eigenvalue weighted by atomic mass is 35.5. The van der Waals surface area contributed by atoms with Crippen LogP contribution < -0.4 is 10.6 Å². The Morgan fingerprint density at radius 1 is 1.54 bits per heavy atom. The summed E-state index contributed by atoms with van der Waals surface area (Å²) >= 11 is 7.51. The van der Waals surface area contributed by atoms with Gasteiger partial charge in [0.1, 0.15) is 11.1 Å². The SMILES string of the molecule is C[C@@H](CC(=O)Nc1sc2c(c1C#N)CCNC2)c1cccc(Cl)c1. The van der Waals surface area contributed by atoms with E-state index in [2.05, 4.69) is 16.7 Å². The molecule has 0 aliphatic carbocycles. The number of rotatable bonds is 4. The van der Waals surface area contributed by atoms with Gasteiger partial charge in [0, 0.05) is 22.9 Å². The predicted octanol–water partition coefficient (Wildman–Crippen LogP) is 4.05. The minimum absolute atomic E-state index is 0.0606. The number of benzene rings is 1. The maximum atomic E-state index is 12.4. The number of amides is 1. The Hall–Kier alpha value is -1.87. The molecule has 2 N–H and O–H groups in total. The number of anilines is 1. The second kappa shape index (κ2) is 7.35. The standard InChI is InChI=1S/C18H18ClN3OS/c1-11(12-3-2-4-13(19)8-12)7-17(23)22-18-15(9-20)14-5-6-21-10-16(14)24-18/h2-4,8,11,21H,5-7,10H2,1H3,(H,22,23)/t11-/m0/s1. The van der Waals surface area contributed by atoms with Crippen molar-refractivity contribution in [2.45, 2.75) is 32.2 Å². The molecule has 0 spiro atoms. The van der Waals surface area contributed by atoms with Gasteiger partial charge in [0.05, 0.1) is 5.56 Å². The van der Waals surface area contributed by atoms with Gasteiger partial charge in [-0.2, -0.15) is 5.26 Å². The number of thiophene rings is 1. The lowest BCUT2D eigenvalue weighted by atomic mass is 9.97. The molecule has 3 rings (SSSR count). The molecule has 1 aromatic carbocycles. The van der Waals surface area contributed by atoms with Gasteiger partial charge in [-0.25, -0.2) is 0 Å².